The summed E-state index contributed by atoms with van der Waals surface area (Å²) in [6, 6.07) is 3.11. The molecule has 0 aliphatic rings. The fourth-order valence-corrected chi connectivity index (χ4v) is 2.03. The Kier molecular flexibility index (Phi) is 2.88. The molecule has 0 saturated carbocycles. The number of anilines is 1. The monoisotopic (exact) mass is 285 g/mol. The third kappa shape index (κ3) is 1.91. The lowest BCUT2D eigenvalue weighted by atomic mass is 10.2. The predicted molar refractivity (Wildman–Crippen MR) is 66.6 cm³/mol. The summed E-state index contributed by atoms with van der Waals surface area (Å²) in [5.41, 5.74) is 7.27. The molecule has 0 amide bonds. The molecule has 16 heavy (non-hydrogen) atoms. The van der Waals surface area contributed by atoms with Gasteiger partial charge in [-0.05, 0) is 27.9 Å². The zero-order valence-electron chi connectivity index (χ0n) is 9.17. The number of hydrogen-bond acceptors (Lipinski definition) is 2. The number of rotatable bonds is 2. The van der Waals surface area contributed by atoms with Gasteiger partial charge < -0.3 is 10.3 Å². The van der Waals surface area contributed by atoms with Gasteiger partial charge >= 0.3 is 0 Å². The van der Waals surface area contributed by atoms with E-state index in [4.69, 9.17) is 5.73 Å². The highest BCUT2D eigenvalue weighted by Crippen LogP contribution is 2.25. The molecule has 0 bridgehead atoms. The molecule has 0 spiro atoms. The fraction of sp³-hybridized carbons (Fsp3) is 0.364. The summed E-state index contributed by atoms with van der Waals surface area (Å²) < 4.78 is 15.7. The van der Waals surface area contributed by atoms with Crippen LogP contribution in [0.25, 0.3) is 11.0 Å². The standard InChI is InChI=1S/C11H13BrFN3/c1-6(2)5-16-10-3-7(12)8(13)4-9(10)15-11(16)14/h3-4,6H,5H2,1-2H3,(H2,14,15). The highest BCUT2D eigenvalue weighted by atomic mass is 79.9. The highest BCUT2D eigenvalue weighted by molar-refractivity contribution is 9.10. The summed E-state index contributed by atoms with van der Waals surface area (Å²) in [7, 11) is 0. The van der Waals surface area contributed by atoms with Gasteiger partial charge in [0.05, 0.1) is 15.5 Å². The van der Waals surface area contributed by atoms with Gasteiger partial charge in [-0.3, -0.25) is 0 Å². The van der Waals surface area contributed by atoms with Gasteiger partial charge in [0.2, 0.25) is 5.95 Å². The number of aromatic nitrogens is 2. The van der Waals surface area contributed by atoms with Crippen molar-refractivity contribution >= 4 is 32.9 Å². The summed E-state index contributed by atoms with van der Waals surface area (Å²) in [6.45, 7) is 4.98. The van der Waals surface area contributed by atoms with Crippen molar-refractivity contribution in [3.63, 3.8) is 0 Å². The van der Waals surface area contributed by atoms with Crippen molar-refractivity contribution in [3.8, 4) is 0 Å². The highest BCUT2D eigenvalue weighted by Gasteiger charge is 2.12. The quantitative estimate of drug-likeness (QED) is 0.921. The smallest absolute Gasteiger partial charge is 0.201 e. The Labute approximate surface area is 102 Å². The number of nitrogens with two attached hydrogens (primary N) is 1. The molecule has 0 aliphatic heterocycles. The van der Waals surface area contributed by atoms with Crippen molar-refractivity contribution < 1.29 is 4.39 Å². The summed E-state index contributed by atoms with van der Waals surface area (Å²) in [5, 5.41) is 0. The zero-order valence-corrected chi connectivity index (χ0v) is 10.8. The Morgan fingerprint density at radius 2 is 2.19 bits per heavy atom. The van der Waals surface area contributed by atoms with Gasteiger partial charge in [0.1, 0.15) is 5.82 Å². The largest absolute Gasteiger partial charge is 0.369 e. The zero-order chi connectivity index (χ0) is 11.9. The van der Waals surface area contributed by atoms with Crippen molar-refractivity contribution in [1.29, 1.82) is 0 Å². The molecule has 2 rings (SSSR count). The third-order valence-corrected chi connectivity index (χ3v) is 2.98. The average Bonchev–Trinajstić information content (AvgIpc) is 2.45. The normalized spacial score (nSPS) is 11.6. The molecule has 0 radical (unpaired) electrons. The van der Waals surface area contributed by atoms with Crippen LogP contribution < -0.4 is 5.73 Å². The molecule has 0 atom stereocenters. The Bertz CT molecular complexity index is 533. The van der Waals surface area contributed by atoms with Crippen LogP contribution in [0, 0.1) is 11.7 Å². The van der Waals surface area contributed by atoms with Crippen LogP contribution >= 0.6 is 15.9 Å². The van der Waals surface area contributed by atoms with Crippen LogP contribution in [0.4, 0.5) is 10.3 Å². The molecule has 2 N–H and O–H groups in total. The first-order valence-corrected chi connectivity index (χ1v) is 5.89. The topological polar surface area (TPSA) is 43.8 Å². The van der Waals surface area contributed by atoms with Gasteiger partial charge in [-0.25, -0.2) is 9.37 Å². The lowest BCUT2D eigenvalue weighted by Crippen LogP contribution is -2.07. The molecule has 1 aromatic heterocycles. The van der Waals surface area contributed by atoms with E-state index in [1.165, 1.54) is 6.07 Å². The molecule has 0 aliphatic carbocycles. The van der Waals surface area contributed by atoms with Gasteiger partial charge in [-0.15, -0.1) is 0 Å². The second-order valence-corrected chi connectivity index (χ2v) is 5.08. The second-order valence-electron chi connectivity index (χ2n) is 4.23. The van der Waals surface area contributed by atoms with Crippen LogP contribution in [0.5, 0.6) is 0 Å². The Hall–Kier alpha value is -1.10. The minimum Gasteiger partial charge on any atom is -0.369 e. The SMILES string of the molecule is CC(C)Cn1c(N)nc2cc(F)c(Br)cc21. The molecular weight excluding hydrogens is 273 g/mol. The minimum absolute atomic E-state index is 0.318. The van der Waals surface area contributed by atoms with E-state index >= 15 is 0 Å². The predicted octanol–water partition coefficient (Wildman–Crippen LogP) is 3.18. The van der Waals surface area contributed by atoms with Gasteiger partial charge in [-0.2, -0.15) is 0 Å². The van der Waals surface area contributed by atoms with Crippen LogP contribution in [0.3, 0.4) is 0 Å². The van der Waals surface area contributed by atoms with E-state index in [1.54, 1.807) is 6.07 Å². The maximum atomic E-state index is 13.3. The first-order valence-electron chi connectivity index (χ1n) is 5.09. The van der Waals surface area contributed by atoms with Crippen molar-refractivity contribution in [2.75, 3.05) is 5.73 Å². The van der Waals surface area contributed by atoms with Crippen molar-refractivity contribution in [3.05, 3.63) is 22.4 Å². The van der Waals surface area contributed by atoms with Crippen molar-refractivity contribution in [2.45, 2.75) is 20.4 Å². The molecule has 1 heterocycles. The molecule has 0 saturated heterocycles. The van der Waals surface area contributed by atoms with Crippen LogP contribution in [0.2, 0.25) is 0 Å². The van der Waals surface area contributed by atoms with Crippen LogP contribution in [0.1, 0.15) is 13.8 Å². The summed E-state index contributed by atoms with van der Waals surface area (Å²) in [4.78, 5) is 4.15. The van der Waals surface area contributed by atoms with E-state index in [2.05, 4.69) is 34.8 Å². The van der Waals surface area contributed by atoms with E-state index in [1.807, 2.05) is 4.57 Å². The number of halogens is 2. The summed E-state index contributed by atoms with van der Waals surface area (Å²) in [6.07, 6.45) is 0. The molecule has 86 valence electrons. The van der Waals surface area contributed by atoms with Gasteiger partial charge in [0.15, 0.2) is 0 Å². The number of fused-ring (bicyclic) bond motifs is 1. The van der Waals surface area contributed by atoms with E-state index in [-0.39, 0.29) is 5.82 Å². The van der Waals surface area contributed by atoms with Crippen LogP contribution in [0.15, 0.2) is 16.6 Å². The van der Waals surface area contributed by atoms with Crippen molar-refractivity contribution in [2.24, 2.45) is 5.92 Å². The Morgan fingerprint density at radius 1 is 1.50 bits per heavy atom. The first kappa shape index (κ1) is 11.4. The molecule has 3 nitrogen and oxygen atoms in total. The van der Waals surface area contributed by atoms with Gasteiger partial charge in [0, 0.05) is 12.6 Å². The van der Waals surface area contributed by atoms with E-state index in [0.29, 0.717) is 21.9 Å². The molecule has 0 unspecified atom stereocenters. The number of hydrogen-bond donors (Lipinski definition) is 1. The third-order valence-electron chi connectivity index (χ3n) is 2.37. The molecule has 5 heteroatoms. The Balaban J connectivity index is 2.64. The first-order chi connectivity index (χ1) is 7.49. The molecule has 1 aromatic carbocycles. The fourth-order valence-electron chi connectivity index (χ4n) is 1.70. The van der Waals surface area contributed by atoms with Crippen molar-refractivity contribution in [1.82, 2.24) is 9.55 Å². The van der Waals surface area contributed by atoms with Gasteiger partial charge in [0.25, 0.3) is 0 Å². The van der Waals surface area contributed by atoms with E-state index in [0.717, 1.165) is 12.1 Å². The summed E-state index contributed by atoms with van der Waals surface area (Å²) in [5.74, 6) is 0.575. The van der Waals surface area contributed by atoms with E-state index < -0.39 is 0 Å². The second kappa shape index (κ2) is 4.05. The number of imidazole rings is 1. The van der Waals surface area contributed by atoms with Gasteiger partial charge in [-0.1, -0.05) is 13.8 Å². The van der Waals surface area contributed by atoms with Crippen LogP contribution in [-0.4, -0.2) is 9.55 Å². The molecular formula is C11H13BrFN3. The minimum atomic E-state index is -0.318. The maximum absolute atomic E-state index is 13.3. The number of benzene rings is 1. The maximum Gasteiger partial charge on any atom is 0.201 e. The molecule has 2 aromatic rings. The number of nitrogen functional groups attached to an aromatic ring is 1. The van der Waals surface area contributed by atoms with Crippen LogP contribution in [-0.2, 0) is 6.54 Å². The lowest BCUT2D eigenvalue weighted by Gasteiger charge is -2.09. The Morgan fingerprint density at radius 3 is 2.81 bits per heavy atom. The number of nitrogens with zero attached hydrogens (tertiary/aromatic N) is 2. The van der Waals surface area contributed by atoms with E-state index in [9.17, 15) is 4.39 Å². The average molecular weight is 286 g/mol. The lowest BCUT2D eigenvalue weighted by molar-refractivity contribution is 0.537. The summed E-state index contributed by atoms with van der Waals surface area (Å²) >= 11 is 3.17. The molecule has 0 fully saturated rings.